The van der Waals surface area contributed by atoms with E-state index in [0.29, 0.717) is 17.3 Å². The van der Waals surface area contributed by atoms with Crippen molar-refractivity contribution in [1.82, 2.24) is 4.98 Å². The Labute approximate surface area is 164 Å². The van der Waals surface area contributed by atoms with Crippen molar-refractivity contribution in [3.63, 3.8) is 0 Å². The van der Waals surface area contributed by atoms with Gasteiger partial charge in [0.2, 0.25) is 0 Å². The van der Waals surface area contributed by atoms with Gasteiger partial charge in [0, 0.05) is 16.0 Å². The van der Waals surface area contributed by atoms with Crippen molar-refractivity contribution in [3.05, 3.63) is 64.5 Å². The standard InChI is InChI=1S/C22H24N2O2S/c1-4-14-26-19-12-10-18(11-13-19)21(25)24-22-23-20(15(3)27-22)17-8-6-16(5-2)7-9-17/h6-13H,4-5,14H2,1-3H3,(H,23,24,25). The summed E-state index contributed by atoms with van der Waals surface area (Å²) in [7, 11) is 0. The maximum Gasteiger partial charge on any atom is 0.257 e. The van der Waals surface area contributed by atoms with E-state index in [4.69, 9.17) is 4.74 Å². The van der Waals surface area contributed by atoms with E-state index in [1.807, 2.05) is 19.1 Å². The molecule has 0 fully saturated rings. The molecule has 0 saturated carbocycles. The van der Waals surface area contributed by atoms with Gasteiger partial charge in [-0.25, -0.2) is 4.98 Å². The summed E-state index contributed by atoms with van der Waals surface area (Å²) >= 11 is 1.49. The zero-order chi connectivity index (χ0) is 19.2. The van der Waals surface area contributed by atoms with Crippen molar-refractivity contribution in [1.29, 1.82) is 0 Å². The van der Waals surface area contributed by atoms with Gasteiger partial charge in [-0.05, 0) is 49.6 Å². The molecule has 3 aromatic rings. The van der Waals surface area contributed by atoms with Gasteiger partial charge in [0.25, 0.3) is 5.91 Å². The highest BCUT2D eigenvalue weighted by Crippen LogP contribution is 2.31. The van der Waals surface area contributed by atoms with Crippen molar-refractivity contribution in [2.75, 3.05) is 11.9 Å². The minimum atomic E-state index is -0.168. The van der Waals surface area contributed by atoms with Crippen molar-refractivity contribution in [2.45, 2.75) is 33.6 Å². The van der Waals surface area contributed by atoms with Gasteiger partial charge in [-0.15, -0.1) is 11.3 Å². The summed E-state index contributed by atoms with van der Waals surface area (Å²) in [5.74, 6) is 0.606. The summed E-state index contributed by atoms with van der Waals surface area (Å²) in [5.41, 5.74) is 3.87. The van der Waals surface area contributed by atoms with Crippen LogP contribution in [0.15, 0.2) is 48.5 Å². The molecule has 0 spiro atoms. The number of aromatic nitrogens is 1. The Morgan fingerprint density at radius 2 is 1.78 bits per heavy atom. The van der Waals surface area contributed by atoms with E-state index in [0.717, 1.165) is 34.7 Å². The molecule has 3 rings (SSSR count). The van der Waals surface area contributed by atoms with E-state index in [-0.39, 0.29) is 5.91 Å². The second-order valence-electron chi connectivity index (χ2n) is 6.30. The Morgan fingerprint density at radius 1 is 1.07 bits per heavy atom. The lowest BCUT2D eigenvalue weighted by Gasteiger charge is -2.06. The predicted octanol–water partition coefficient (Wildman–Crippen LogP) is 5.72. The Balaban J connectivity index is 1.71. The van der Waals surface area contributed by atoms with E-state index in [9.17, 15) is 4.79 Å². The van der Waals surface area contributed by atoms with E-state index in [1.165, 1.54) is 16.9 Å². The summed E-state index contributed by atoms with van der Waals surface area (Å²) in [6.45, 7) is 6.89. The van der Waals surface area contributed by atoms with Gasteiger partial charge in [-0.2, -0.15) is 0 Å². The lowest BCUT2D eigenvalue weighted by molar-refractivity contribution is 0.102. The van der Waals surface area contributed by atoms with Gasteiger partial charge in [0.05, 0.1) is 12.3 Å². The number of nitrogens with zero attached hydrogens (tertiary/aromatic N) is 1. The number of nitrogens with one attached hydrogen (secondary N) is 1. The number of thiazole rings is 1. The van der Waals surface area contributed by atoms with Crippen LogP contribution in [0.5, 0.6) is 5.75 Å². The Morgan fingerprint density at radius 3 is 2.41 bits per heavy atom. The van der Waals surface area contributed by atoms with Crippen molar-refractivity contribution >= 4 is 22.4 Å². The number of benzene rings is 2. The van der Waals surface area contributed by atoms with Crippen molar-refractivity contribution in [2.24, 2.45) is 0 Å². The molecular formula is C22H24N2O2S. The number of carbonyl (C=O) groups is 1. The summed E-state index contributed by atoms with van der Waals surface area (Å²) in [4.78, 5) is 18.2. The largest absolute Gasteiger partial charge is 0.494 e. The van der Waals surface area contributed by atoms with Crippen LogP contribution >= 0.6 is 11.3 Å². The van der Waals surface area contributed by atoms with E-state index < -0.39 is 0 Å². The lowest BCUT2D eigenvalue weighted by Crippen LogP contribution is -2.11. The Bertz CT molecular complexity index is 899. The van der Waals surface area contributed by atoms with Gasteiger partial charge in [-0.3, -0.25) is 10.1 Å². The summed E-state index contributed by atoms with van der Waals surface area (Å²) in [5, 5.41) is 3.51. The van der Waals surface area contributed by atoms with Gasteiger partial charge in [0.15, 0.2) is 5.13 Å². The molecule has 0 aliphatic heterocycles. The third kappa shape index (κ3) is 4.74. The average Bonchev–Trinajstić information content (AvgIpc) is 3.06. The van der Waals surface area contributed by atoms with Crippen molar-refractivity contribution < 1.29 is 9.53 Å². The van der Waals surface area contributed by atoms with Gasteiger partial charge in [-0.1, -0.05) is 38.1 Å². The number of hydrogen-bond donors (Lipinski definition) is 1. The molecule has 0 aliphatic carbocycles. The third-order valence-electron chi connectivity index (χ3n) is 4.24. The normalized spacial score (nSPS) is 10.6. The first-order valence-electron chi connectivity index (χ1n) is 9.21. The lowest BCUT2D eigenvalue weighted by atomic mass is 10.1. The maximum absolute atomic E-state index is 12.5. The van der Waals surface area contributed by atoms with E-state index in [1.54, 1.807) is 12.1 Å². The molecule has 0 aliphatic rings. The number of amides is 1. The molecule has 0 atom stereocenters. The van der Waals surface area contributed by atoms with E-state index in [2.05, 4.69) is 48.4 Å². The van der Waals surface area contributed by atoms with Gasteiger partial charge >= 0.3 is 0 Å². The summed E-state index contributed by atoms with van der Waals surface area (Å²) in [6, 6.07) is 15.6. The third-order valence-corrected chi connectivity index (χ3v) is 5.13. The van der Waals surface area contributed by atoms with Crippen LogP contribution < -0.4 is 10.1 Å². The second-order valence-corrected chi connectivity index (χ2v) is 7.50. The summed E-state index contributed by atoms with van der Waals surface area (Å²) < 4.78 is 5.55. The summed E-state index contributed by atoms with van der Waals surface area (Å²) in [6.07, 6.45) is 1.97. The van der Waals surface area contributed by atoms with Crippen LogP contribution in [-0.2, 0) is 6.42 Å². The van der Waals surface area contributed by atoms with Crippen LogP contribution in [0.1, 0.15) is 41.1 Å². The molecule has 2 aromatic carbocycles. The fourth-order valence-corrected chi connectivity index (χ4v) is 3.54. The Kier molecular flexibility index (Phi) is 6.24. The SMILES string of the molecule is CCCOc1ccc(C(=O)Nc2nc(-c3ccc(CC)cc3)c(C)s2)cc1. The number of aryl methyl sites for hydroxylation is 2. The quantitative estimate of drug-likeness (QED) is 0.570. The maximum atomic E-state index is 12.5. The highest BCUT2D eigenvalue weighted by atomic mass is 32.1. The smallest absolute Gasteiger partial charge is 0.257 e. The molecule has 1 amide bonds. The van der Waals surface area contributed by atoms with Crippen LogP contribution in [0, 0.1) is 6.92 Å². The molecule has 1 heterocycles. The topological polar surface area (TPSA) is 51.2 Å². The monoisotopic (exact) mass is 380 g/mol. The number of ether oxygens (including phenoxy) is 1. The average molecular weight is 381 g/mol. The molecule has 0 bridgehead atoms. The van der Waals surface area contributed by atoms with Crippen LogP contribution in [0.25, 0.3) is 11.3 Å². The van der Waals surface area contributed by atoms with Crippen molar-refractivity contribution in [3.8, 4) is 17.0 Å². The van der Waals surface area contributed by atoms with Gasteiger partial charge in [0.1, 0.15) is 5.75 Å². The fraction of sp³-hybridized carbons (Fsp3) is 0.273. The second kappa shape index (κ2) is 8.82. The minimum absolute atomic E-state index is 0.168. The van der Waals surface area contributed by atoms with E-state index >= 15 is 0 Å². The molecule has 27 heavy (non-hydrogen) atoms. The van der Waals surface area contributed by atoms with Gasteiger partial charge < -0.3 is 4.74 Å². The first-order chi connectivity index (χ1) is 13.1. The molecule has 1 aromatic heterocycles. The predicted molar refractivity (Wildman–Crippen MR) is 112 cm³/mol. The minimum Gasteiger partial charge on any atom is -0.494 e. The zero-order valence-corrected chi connectivity index (χ0v) is 16.7. The number of hydrogen-bond acceptors (Lipinski definition) is 4. The first-order valence-corrected chi connectivity index (χ1v) is 10.0. The highest BCUT2D eigenvalue weighted by molar-refractivity contribution is 7.16. The molecule has 1 N–H and O–H groups in total. The number of anilines is 1. The van der Waals surface area contributed by atoms with Crippen LogP contribution in [0.3, 0.4) is 0 Å². The molecule has 0 saturated heterocycles. The number of carbonyl (C=O) groups excluding carboxylic acids is 1. The molecule has 5 heteroatoms. The van der Waals surface area contributed by atoms with Crippen LogP contribution in [0.2, 0.25) is 0 Å². The molecule has 140 valence electrons. The molecule has 0 unspecified atom stereocenters. The number of rotatable bonds is 7. The van der Waals surface area contributed by atoms with Crippen LogP contribution in [0.4, 0.5) is 5.13 Å². The fourth-order valence-electron chi connectivity index (χ4n) is 2.71. The first kappa shape index (κ1) is 19.1. The molecule has 4 nitrogen and oxygen atoms in total. The zero-order valence-electron chi connectivity index (χ0n) is 15.9. The highest BCUT2D eigenvalue weighted by Gasteiger charge is 2.13. The Hall–Kier alpha value is -2.66. The van der Waals surface area contributed by atoms with Crippen LogP contribution in [-0.4, -0.2) is 17.5 Å². The molecular weight excluding hydrogens is 356 g/mol. The molecule has 0 radical (unpaired) electrons.